The van der Waals surface area contributed by atoms with Crippen LogP contribution in [0.2, 0.25) is 5.02 Å². The Kier molecular flexibility index (Phi) is 6.91. The van der Waals surface area contributed by atoms with Crippen LogP contribution in [0.5, 0.6) is 0 Å². The number of rotatable bonds is 7. The van der Waals surface area contributed by atoms with Crippen molar-refractivity contribution in [2.24, 2.45) is 0 Å². The predicted octanol–water partition coefficient (Wildman–Crippen LogP) is 3.05. The summed E-state index contributed by atoms with van der Waals surface area (Å²) in [7, 11) is 1.28. The van der Waals surface area contributed by atoms with Gasteiger partial charge in [0.1, 0.15) is 6.10 Å². The third kappa shape index (κ3) is 5.21. The van der Waals surface area contributed by atoms with Crippen LogP contribution in [-0.2, 0) is 14.3 Å². The van der Waals surface area contributed by atoms with Crippen molar-refractivity contribution in [3.63, 3.8) is 0 Å². The first-order valence-electron chi connectivity index (χ1n) is 6.40. The van der Waals surface area contributed by atoms with E-state index in [4.69, 9.17) is 16.3 Å². The Bertz CT molecular complexity index is 530. The standard InChI is InChI=1S/C15H18ClNO4/c1-4-5-8-21-10(2)14(18)17-13-9-11(15(19)20-3)6-7-12(13)16/h4,6-7,9-10H,1,5,8H2,2-3H3,(H,17,18). The van der Waals surface area contributed by atoms with Crippen LogP contribution >= 0.6 is 11.6 Å². The largest absolute Gasteiger partial charge is 0.465 e. The van der Waals surface area contributed by atoms with Gasteiger partial charge in [-0.25, -0.2) is 4.79 Å². The highest BCUT2D eigenvalue weighted by Crippen LogP contribution is 2.23. The number of hydrogen-bond donors (Lipinski definition) is 1. The van der Waals surface area contributed by atoms with Gasteiger partial charge in [-0.05, 0) is 31.5 Å². The molecule has 6 heteroatoms. The van der Waals surface area contributed by atoms with Gasteiger partial charge in [0.05, 0.1) is 30.0 Å². The van der Waals surface area contributed by atoms with E-state index >= 15 is 0 Å². The van der Waals surface area contributed by atoms with E-state index in [1.54, 1.807) is 13.0 Å². The van der Waals surface area contributed by atoms with E-state index in [2.05, 4.69) is 16.6 Å². The van der Waals surface area contributed by atoms with Gasteiger partial charge in [-0.1, -0.05) is 17.7 Å². The highest BCUT2D eigenvalue weighted by Gasteiger charge is 2.16. The molecule has 1 atom stereocenters. The molecule has 0 bridgehead atoms. The molecule has 1 N–H and O–H groups in total. The van der Waals surface area contributed by atoms with Crippen molar-refractivity contribution >= 4 is 29.2 Å². The molecule has 21 heavy (non-hydrogen) atoms. The summed E-state index contributed by atoms with van der Waals surface area (Å²) in [5.74, 6) is -0.847. The number of carbonyl (C=O) groups is 2. The molecule has 0 fully saturated rings. The van der Waals surface area contributed by atoms with Crippen LogP contribution in [-0.4, -0.2) is 31.7 Å². The molecule has 1 unspecified atom stereocenters. The van der Waals surface area contributed by atoms with Crippen LogP contribution in [0.4, 0.5) is 5.69 Å². The smallest absolute Gasteiger partial charge is 0.337 e. The fourth-order valence-corrected chi connectivity index (χ4v) is 1.67. The van der Waals surface area contributed by atoms with Crippen LogP contribution in [0.15, 0.2) is 30.9 Å². The molecule has 0 saturated heterocycles. The van der Waals surface area contributed by atoms with Gasteiger partial charge in [0, 0.05) is 0 Å². The van der Waals surface area contributed by atoms with E-state index in [1.165, 1.54) is 25.3 Å². The van der Waals surface area contributed by atoms with Crippen LogP contribution in [0.25, 0.3) is 0 Å². The zero-order valence-electron chi connectivity index (χ0n) is 12.0. The summed E-state index contributed by atoms with van der Waals surface area (Å²) < 4.78 is 9.96. The zero-order valence-corrected chi connectivity index (χ0v) is 12.8. The number of benzene rings is 1. The highest BCUT2D eigenvalue weighted by atomic mass is 35.5. The summed E-state index contributed by atoms with van der Waals surface area (Å²) in [5.41, 5.74) is 0.640. The second-order valence-electron chi connectivity index (χ2n) is 4.27. The maximum absolute atomic E-state index is 12.0. The lowest BCUT2D eigenvalue weighted by atomic mass is 10.2. The van der Waals surface area contributed by atoms with Gasteiger partial charge in [-0.2, -0.15) is 0 Å². The highest BCUT2D eigenvalue weighted by molar-refractivity contribution is 6.33. The first-order chi connectivity index (χ1) is 9.99. The molecule has 5 nitrogen and oxygen atoms in total. The van der Waals surface area contributed by atoms with Gasteiger partial charge >= 0.3 is 5.97 Å². The van der Waals surface area contributed by atoms with Crippen LogP contribution in [0.3, 0.4) is 0 Å². The van der Waals surface area contributed by atoms with E-state index in [-0.39, 0.29) is 5.91 Å². The first-order valence-corrected chi connectivity index (χ1v) is 6.78. The van der Waals surface area contributed by atoms with E-state index in [1.807, 2.05) is 0 Å². The topological polar surface area (TPSA) is 64.6 Å². The Morgan fingerprint density at radius 1 is 1.48 bits per heavy atom. The average Bonchev–Trinajstić information content (AvgIpc) is 2.48. The minimum atomic E-state index is -0.636. The van der Waals surface area contributed by atoms with Crippen molar-refractivity contribution < 1.29 is 19.1 Å². The minimum absolute atomic E-state index is 0.303. The molecule has 0 aromatic heterocycles. The average molecular weight is 312 g/mol. The van der Waals surface area contributed by atoms with E-state index < -0.39 is 12.1 Å². The predicted molar refractivity (Wildman–Crippen MR) is 81.6 cm³/mol. The maximum Gasteiger partial charge on any atom is 0.337 e. The Labute approximate surface area is 128 Å². The van der Waals surface area contributed by atoms with Gasteiger partial charge in [-0.15, -0.1) is 6.58 Å². The monoisotopic (exact) mass is 311 g/mol. The van der Waals surface area contributed by atoms with E-state index in [0.717, 1.165) is 0 Å². The number of anilines is 1. The molecule has 1 rings (SSSR count). The number of esters is 1. The van der Waals surface area contributed by atoms with Crippen molar-refractivity contribution in [1.29, 1.82) is 0 Å². The number of methoxy groups -OCH3 is 1. The summed E-state index contributed by atoms with van der Waals surface area (Å²) in [4.78, 5) is 23.4. The molecule has 1 aromatic carbocycles. The summed E-state index contributed by atoms with van der Waals surface area (Å²) in [6.07, 6.45) is 1.74. The Hall–Kier alpha value is -1.85. The van der Waals surface area contributed by atoms with Gasteiger partial charge in [0.2, 0.25) is 0 Å². The molecule has 0 aliphatic rings. The van der Waals surface area contributed by atoms with Crippen LogP contribution in [0, 0.1) is 0 Å². The molecule has 0 aliphatic carbocycles. The lowest BCUT2D eigenvalue weighted by Gasteiger charge is -2.14. The molecule has 0 heterocycles. The number of amides is 1. The number of halogens is 1. The first kappa shape index (κ1) is 17.2. The summed E-state index contributed by atoms with van der Waals surface area (Å²) in [6.45, 7) is 5.62. The molecule has 0 spiro atoms. The summed E-state index contributed by atoms with van der Waals surface area (Å²) in [6, 6.07) is 4.50. The van der Waals surface area contributed by atoms with Crippen molar-refractivity contribution in [3.05, 3.63) is 41.4 Å². The SMILES string of the molecule is C=CCCOC(C)C(=O)Nc1cc(C(=O)OC)ccc1Cl. The molecule has 1 amide bonds. The maximum atomic E-state index is 12.0. The summed E-state index contributed by atoms with van der Waals surface area (Å²) >= 11 is 6.00. The van der Waals surface area contributed by atoms with Crippen molar-refractivity contribution in [3.8, 4) is 0 Å². The van der Waals surface area contributed by atoms with Crippen LogP contribution < -0.4 is 5.32 Å². The third-order valence-corrected chi connectivity index (χ3v) is 3.03. The van der Waals surface area contributed by atoms with Gasteiger partial charge in [0.15, 0.2) is 0 Å². The van der Waals surface area contributed by atoms with E-state index in [9.17, 15) is 9.59 Å². The lowest BCUT2D eigenvalue weighted by Crippen LogP contribution is -2.28. The second kappa shape index (κ2) is 8.44. The fraction of sp³-hybridized carbons (Fsp3) is 0.333. The summed E-state index contributed by atoms with van der Waals surface area (Å²) in [5, 5.41) is 2.95. The molecule has 114 valence electrons. The van der Waals surface area contributed by atoms with Crippen LogP contribution in [0.1, 0.15) is 23.7 Å². The third-order valence-electron chi connectivity index (χ3n) is 2.70. The quantitative estimate of drug-likeness (QED) is 0.477. The second-order valence-corrected chi connectivity index (χ2v) is 4.67. The molecule has 0 saturated carbocycles. The number of carbonyl (C=O) groups excluding carboxylic acids is 2. The normalized spacial score (nSPS) is 11.6. The molecule has 0 aliphatic heterocycles. The number of ether oxygens (including phenoxy) is 2. The van der Waals surface area contributed by atoms with Crippen molar-refractivity contribution in [2.45, 2.75) is 19.4 Å². The minimum Gasteiger partial charge on any atom is -0.465 e. The number of nitrogens with one attached hydrogen (secondary N) is 1. The Morgan fingerprint density at radius 2 is 2.19 bits per heavy atom. The molecule has 0 radical (unpaired) electrons. The molecular formula is C15H18ClNO4. The molecular weight excluding hydrogens is 294 g/mol. The molecule has 1 aromatic rings. The van der Waals surface area contributed by atoms with Crippen molar-refractivity contribution in [1.82, 2.24) is 0 Å². The van der Waals surface area contributed by atoms with Crippen molar-refractivity contribution in [2.75, 3.05) is 19.0 Å². The van der Waals surface area contributed by atoms with Gasteiger partial charge in [0.25, 0.3) is 5.91 Å². The Morgan fingerprint density at radius 3 is 2.81 bits per heavy atom. The van der Waals surface area contributed by atoms with Gasteiger partial charge < -0.3 is 14.8 Å². The lowest BCUT2D eigenvalue weighted by molar-refractivity contribution is -0.126. The van der Waals surface area contributed by atoms with Gasteiger partial charge in [-0.3, -0.25) is 4.79 Å². The fourth-order valence-electron chi connectivity index (χ4n) is 1.50. The number of hydrogen-bond acceptors (Lipinski definition) is 4. The zero-order chi connectivity index (χ0) is 15.8. The van der Waals surface area contributed by atoms with E-state index in [0.29, 0.717) is 29.3 Å². The Balaban J connectivity index is 2.74.